The van der Waals surface area contributed by atoms with E-state index in [1.54, 1.807) is 13.2 Å². The van der Waals surface area contributed by atoms with Gasteiger partial charge in [0.05, 0.1) is 7.11 Å². The Morgan fingerprint density at radius 2 is 2.05 bits per heavy atom. The highest BCUT2D eigenvalue weighted by atomic mass is 32.1. The molecule has 0 aliphatic heterocycles. The fourth-order valence-corrected chi connectivity index (χ4v) is 2.33. The number of halogens is 1. The minimum atomic E-state index is -0.302. The van der Waals surface area contributed by atoms with Gasteiger partial charge in [0.15, 0.2) is 0 Å². The van der Waals surface area contributed by atoms with Crippen molar-refractivity contribution in [2.45, 2.75) is 6.54 Å². The van der Waals surface area contributed by atoms with Gasteiger partial charge in [-0.2, -0.15) is 0 Å². The molecule has 2 N–H and O–H groups in total. The number of thiocarbonyl (C=S) groups is 1. The van der Waals surface area contributed by atoms with Crippen molar-refractivity contribution in [3.63, 3.8) is 0 Å². The molecule has 0 saturated carbocycles. The molecule has 0 spiro atoms. The number of hydrogen-bond acceptors (Lipinski definition) is 3. The molecular formula is C16H17FN2OS. The van der Waals surface area contributed by atoms with Crippen LogP contribution in [0.4, 0.5) is 10.1 Å². The molecule has 3 nitrogen and oxygen atoms in total. The first-order valence-electron chi connectivity index (χ1n) is 6.44. The Bertz CT molecular complexity index is 660. The van der Waals surface area contributed by atoms with Gasteiger partial charge < -0.3 is 15.4 Å². The largest absolute Gasteiger partial charge is 0.497 e. The lowest BCUT2D eigenvalue weighted by molar-refractivity contribution is 0.415. The number of nitrogens with zero attached hydrogens (tertiary/aromatic N) is 1. The monoisotopic (exact) mass is 304 g/mol. The average molecular weight is 304 g/mol. The van der Waals surface area contributed by atoms with Gasteiger partial charge in [0, 0.05) is 30.9 Å². The maximum absolute atomic E-state index is 13.5. The zero-order valence-corrected chi connectivity index (χ0v) is 12.8. The molecule has 0 bridgehead atoms. The molecule has 0 heterocycles. The van der Waals surface area contributed by atoms with E-state index in [0.29, 0.717) is 12.1 Å². The lowest BCUT2D eigenvalue weighted by atomic mass is 10.1. The van der Waals surface area contributed by atoms with E-state index in [1.807, 2.05) is 36.2 Å². The number of ether oxygens (including phenoxy) is 1. The van der Waals surface area contributed by atoms with Crippen LogP contribution in [0.5, 0.6) is 5.75 Å². The third-order valence-electron chi connectivity index (χ3n) is 3.23. The highest BCUT2D eigenvalue weighted by molar-refractivity contribution is 7.80. The van der Waals surface area contributed by atoms with E-state index in [4.69, 9.17) is 22.7 Å². The van der Waals surface area contributed by atoms with E-state index in [2.05, 4.69) is 0 Å². The van der Waals surface area contributed by atoms with Crippen LogP contribution in [0, 0.1) is 5.82 Å². The van der Waals surface area contributed by atoms with Gasteiger partial charge in [-0.3, -0.25) is 0 Å². The predicted octanol–water partition coefficient (Wildman–Crippen LogP) is 3.10. The number of anilines is 1. The summed E-state index contributed by atoms with van der Waals surface area (Å²) in [5.74, 6) is 0.470. The normalized spacial score (nSPS) is 10.2. The molecule has 21 heavy (non-hydrogen) atoms. The Labute approximate surface area is 129 Å². The Balaban J connectivity index is 2.28. The molecule has 0 radical (unpaired) electrons. The molecule has 0 unspecified atom stereocenters. The summed E-state index contributed by atoms with van der Waals surface area (Å²) in [7, 11) is 3.54. The van der Waals surface area contributed by atoms with Gasteiger partial charge >= 0.3 is 0 Å². The van der Waals surface area contributed by atoms with Crippen LogP contribution in [0.3, 0.4) is 0 Å². The van der Waals surface area contributed by atoms with Crippen molar-refractivity contribution >= 4 is 22.9 Å². The molecular weight excluding hydrogens is 287 g/mol. The van der Waals surface area contributed by atoms with Crippen LogP contribution in [0.2, 0.25) is 0 Å². The second kappa shape index (κ2) is 6.54. The van der Waals surface area contributed by atoms with E-state index in [1.165, 1.54) is 12.1 Å². The zero-order valence-electron chi connectivity index (χ0n) is 12.0. The first kappa shape index (κ1) is 15.3. The minimum Gasteiger partial charge on any atom is -0.497 e. The van der Waals surface area contributed by atoms with Crippen LogP contribution in [0.25, 0.3) is 0 Å². The second-order valence-electron chi connectivity index (χ2n) is 4.72. The van der Waals surface area contributed by atoms with Gasteiger partial charge in [-0.15, -0.1) is 0 Å². The Kier molecular flexibility index (Phi) is 4.75. The molecule has 0 aromatic heterocycles. The van der Waals surface area contributed by atoms with Gasteiger partial charge in [0.1, 0.15) is 16.6 Å². The summed E-state index contributed by atoms with van der Waals surface area (Å²) in [6.07, 6.45) is 0. The minimum absolute atomic E-state index is 0.268. The lowest BCUT2D eigenvalue weighted by Crippen LogP contribution is -2.20. The average Bonchev–Trinajstić information content (AvgIpc) is 2.47. The van der Waals surface area contributed by atoms with Crippen LogP contribution in [-0.2, 0) is 6.54 Å². The highest BCUT2D eigenvalue weighted by Crippen LogP contribution is 2.22. The Morgan fingerprint density at radius 3 is 2.71 bits per heavy atom. The number of benzene rings is 2. The maximum atomic E-state index is 13.5. The maximum Gasteiger partial charge on any atom is 0.123 e. The fraction of sp³-hybridized carbons (Fsp3) is 0.188. The molecule has 2 aromatic rings. The summed E-state index contributed by atoms with van der Waals surface area (Å²) < 4.78 is 18.7. The molecule has 0 amide bonds. The molecule has 0 fully saturated rings. The van der Waals surface area contributed by atoms with Crippen molar-refractivity contribution < 1.29 is 9.13 Å². The van der Waals surface area contributed by atoms with Crippen molar-refractivity contribution in [2.24, 2.45) is 5.73 Å². The van der Waals surface area contributed by atoms with E-state index >= 15 is 0 Å². The smallest absolute Gasteiger partial charge is 0.123 e. The molecule has 5 heteroatoms. The predicted molar refractivity (Wildman–Crippen MR) is 87.4 cm³/mol. The van der Waals surface area contributed by atoms with Crippen LogP contribution < -0.4 is 15.4 Å². The molecule has 2 aromatic carbocycles. The first-order chi connectivity index (χ1) is 10.0. The van der Waals surface area contributed by atoms with Crippen LogP contribution in [-0.4, -0.2) is 19.1 Å². The Hall–Kier alpha value is -2.14. The first-order valence-corrected chi connectivity index (χ1v) is 6.85. The lowest BCUT2D eigenvalue weighted by Gasteiger charge is -2.21. The number of hydrogen-bond donors (Lipinski definition) is 1. The fourth-order valence-electron chi connectivity index (χ4n) is 2.13. The van der Waals surface area contributed by atoms with Crippen molar-refractivity contribution in [1.29, 1.82) is 0 Å². The standard InChI is InChI=1S/C16H17FN2OS/c1-19(13-4-3-5-14(9-13)20-2)10-11-8-12(17)6-7-15(11)16(18)21/h3-9H,10H2,1-2H3,(H2,18,21). The van der Waals surface area contributed by atoms with Gasteiger partial charge in [-0.05, 0) is 35.9 Å². The summed E-state index contributed by atoms with van der Waals surface area (Å²) in [4.78, 5) is 2.25. The highest BCUT2D eigenvalue weighted by Gasteiger charge is 2.10. The molecule has 2 rings (SSSR count). The van der Waals surface area contributed by atoms with Crippen molar-refractivity contribution in [3.05, 3.63) is 59.4 Å². The molecule has 0 atom stereocenters. The molecule has 0 saturated heterocycles. The van der Waals surface area contributed by atoms with Crippen molar-refractivity contribution in [2.75, 3.05) is 19.1 Å². The second-order valence-corrected chi connectivity index (χ2v) is 5.16. The molecule has 0 aliphatic carbocycles. The summed E-state index contributed by atoms with van der Waals surface area (Å²) in [6.45, 7) is 0.498. The number of nitrogens with two attached hydrogens (primary N) is 1. The van der Waals surface area contributed by atoms with Gasteiger partial charge in [-0.25, -0.2) is 4.39 Å². The number of methoxy groups -OCH3 is 1. The number of rotatable bonds is 5. The van der Waals surface area contributed by atoms with E-state index in [-0.39, 0.29) is 10.8 Å². The third kappa shape index (κ3) is 3.70. The molecule has 110 valence electrons. The summed E-state index contributed by atoms with van der Waals surface area (Å²) in [5, 5.41) is 0. The summed E-state index contributed by atoms with van der Waals surface area (Å²) >= 11 is 5.02. The SMILES string of the molecule is COc1cccc(N(C)Cc2cc(F)ccc2C(N)=S)c1. The summed E-state index contributed by atoms with van der Waals surface area (Å²) in [6, 6.07) is 12.1. The quantitative estimate of drug-likeness (QED) is 0.862. The van der Waals surface area contributed by atoms with E-state index in [9.17, 15) is 4.39 Å². The van der Waals surface area contributed by atoms with Gasteiger partial charge in [0.2, 0.25) is 0 Å². The van der Waals surface area contributed by atoms with Gasteiger partial charge in [-0.1, -0.05) is 18.3 Å². The van der Waals surface area contributed by atoms with E-state index < -0.39 is 0 Å². The van der Waals surface area contributed by atoms with Crippen molar-refractivity contribution in [1.82, 2.24) is 0 Å². The zero-order chi connectivity index (χ0) is 15.4. The Morgan fingerprint density at radius 1 is 1.29 bits per heavy atom. The van der Waals surface area contributed by atoms with Gasteiger partial charge in [0.25, 0.3) is 0 Å². The van der Waals surface area contributed by atoms with Crippen LogP contribution in [0.1, 0.15) is 11.1 Å². The van der Waals surface area contributed by atoms with Crippen molar-refractivity contribution in [3.8, 4) is 5.75 Å². The van der Waals surface area contributed by atoms with Crippen LogP contribution in [0.15, 0.2) is 42.5 Å². The third-order valence-corrected chi connectivity index (χ3v) is 3.45. The van der Waals surface area contributed by atoms with Crippen LogP contribution >= 0.6 is 12.2 Å². The summed E-state index contributed by atoms with van der Waals surface area (Å²) in [5.41, 5.74) is 8.11. The van der Waals surface area contributed by atoms with E-state index in [0.717, 1.165) is 17.0 Å². The molecule has 0 aliphatic rings. The topological polar surface area (TPSA) is 38.5 Å².